The van der Waals surface area contributed by atoms with E-state index in [9.17, 15) is 9.18 Å². The second-order valence-corrected chi connectivity index (χ2v) is 5.23. The Labute approximate surface area is 116 Å². The molecule has 3 heteroatoms. The monoisotopic (exact) mass is 274 g/mol. The van der Waals surface area contributed by atoms with Crippen LogP contribution in [0.2, 0.25) is 0 Å². The third-order valence-electron chi connectivity index (χ3n) is 3.90. The minimum absolute atomic E-state index is 0.107. The Kier molecular flexibility index (Phi) is 2.72. The summed E-state index contributed by atoms with van der Waals surface area (Å²) in [7, 11) is 0. The highest BCUT2D eigenvalue weighted by Crippen LogP contribution is 2.65. The van der Waals surface area contributed by atoms with Crippen LogP contribution in [-0.2, 0) is 10.2 Å². The Balaban J connectivity index is 2.18. The minimum Gasteiger partial charge on any atom is -0.278 e. The molecule has 0 radical (unpaired) electrons. The van der Waals surface area contributed by atoms with E-state index in [0.29, 0.717) is 0 Å². The molecular weight excluding hydrogens is 263 g/mol. The molecule has 0 saturated heterocycles. The van der Waals surface area contributed by atoms with Gasteiger partial charge in [-0.3, -0.25) is 4.79 Å². The maximum absolute atomic E-state index is 14.8. The summed E-state index contributed by atoms with van der Waals surface area (Å²) >= 11 is 5.49. The molecule has 2 aromatic rings. The van der Waals surface area contributed by atoms with Crippen molar-refractivity contribution in [3.8, 4) is 0 Å². The van der Waals surface area contributed by atoms with Crippen LogP contribution in [0.15, 0.2) is 60.7 Å². The predicted molar refractivity (Wildman–Crippen MR) is 73.0 cm³/mol. The first-order valence-corrected chi connectivity index (χ1v) is 6.49. The summed E-state index contributed by atoms with van der Waals surface area (Å²) in [5.74, 6) is 0. The SMILES string of the molecule is O=C(Cl)[C@@]1(F)CC1(c1ccccc1)c1ccccc1. The first-order valence-electron chi connectivity index (χ1n) is 6.11. The Hall–Kier alpha value is -1.67. The van der Waals surface area contributed by atoms with Crippen LogP contribution in [-0.4, -0.2) is 10.9 Å². The normalized spacial score (nSPS) is 23.9. The topological polar surface area (TPSA) is 17.1 Å². The molecule has 1 aliphatic rings. The molecule has 2 aromatic carbocycles. The lowest BCUT2D eigenvalue weighted by atomic mass is 9.85. The van der Waals surface area contributed by atoms with Crippen LogP contribution in [0.3, 0.4) is 0 Å². The van der Waals surface area contributed by atoms with E-state index in [1.807, 2.05) is 60.7 Å². The van der Waals surface area contributed by atoms with Gasteiger partial charge in [0.2, 0.25) is 0 Å². The zero-order valence-electron chi connectivity index (χ0n) is 10.1. The lowest BCUT2D eigenvalue weighted by Crippen LogP contribution is -2.26. The molecule has 0 spiro atoms. The summed E-state index contributed by atoms with van der Waals surface area (Å²) in [6.07, 6.45) is 0.107. The second kappa shape index (κ2) is 4.17. The van der Waals surface area contributed by atoms with Crippen LogP contribution in [0.25, 0.3) is 0 Å². The number of rotatable bonds is 3. The maximum Gasteiger partial charge on any atom is 0.260 e. The molecule has 0 aromatic heterocycles. The van der Waals surface area contributed by atoms with E-state index in [1.54, 1.807) is 0 Å². The summed E-state index contributed by atoms with van der Waals surface area (Å²) in [6.45, 7) is 0. The molecule has 0 heterocycles. The highest BCUT2D eigenvalue weighted by atomic mass is 35.5. The standard InChI is InChI=1S/C16H12ClFO/c17-14(19)16(18)11-15(16,12-7-3-1-4-8-12)13-9-5-2-6-10-13/h1-10H,11H2/t16-/m0/s1. The number of carbonyl (C=O) groups is 1. The number of hydrogen-bond acceptors (Lipinski definition) is 1. The van der Waals surface area contributed by atoms with E-state index < -0.39 is 16.3 Å². The quantitative estimate of drug-likeness (QED) is 0.777. The third kappa shape index (κ3) is 1.63. The molecule has 1 aliphatic carbocycles. The third-order valence-corrected chi connectivity index (χ3v) is 4.20. The average Bonchev–Trinajstić information content (AvgIpc) is 3.10. The Bertz CT molecular complexity index is 572. The van der Waals surface area contributed by atoms with Gasteiger partial charge in [0, 0.05) is 6.42 Å². The molecule has 0 amide bonds. The van der Waals surface area contributed by atoms with E-state index in [4.69, 9.17) is 11.6 Å². The zero-order chi connectivity index (χ0) is 13.5. The number of alkyl halides is 1. The van der Waals surface area contributed by atoms with E-state index in [1.165, 1.54) is 0 Å². The van der Waals surface area contributed by atoms with Crippen molar-refractivity contribution in [2.45, 2.75) is 17.5 Å². The van der Waals surface area contributed by atoms with Gasteiger partial charge < -0.3 is 0 Å². The molecule has 1 saturated carbocycles. The van der Waals surface area contributed by atoms with Crippen molar-refractivity contribution in [2.75, 3.05) is 0 Å². The van der Waals surface area contributed by atoms with Crippen molar-refractivity contribution < 1.29 is 9.18 Å². The number of halogens is 2. The number of carbonyl (C=O) groups excluding carboxylic acids is 1. The molecule has 0 N–H and O–H groups in total. The van der Waals surface area contributed by atoms with Crippen LogP contribution in [0.4, 0.5) is 4.39 Å². The van der Waals surface area contributed by atoms with Gasteiger partial charge in [0.25, 0.3) is 5.24 Å². The molecule has 1 atom stereocenters. The van der Waals surface area contributed by atoms with Crippen molar-refractivity contribution in [2.24, 2.45) is 0 Å². The van der Waals surface area contributed by atoms with Gasteiger partial charge in [0.05, 0.1) is 5.41 Å². The highest BCUT2D eigenvalue weighted by Gasteiger charge is 2.74. The molecule has 0 bridgehead atoms. The van der Waals surface area contributed by atoms with Crippen LogP contribution in [0.1, 0.15) is 17.5 Å². The summed E-state index contributed by atoms with van der Waals surface area (Å²) in [5, 5.41) is -0.916. The fraction of sp³-hybridized carbons (Fsp3) is 0.188. The molecule has 0 aliphatic heterocycles. The molecule has 19 heavy (non-hydrogen) atoms. The molecule has 96 valence electrons. The minimum atomic E-state index is -2.00. The van der Waals surface area contributed by atoms with Gasteiger partial charge in [-0.05, 0) is 22.7 Å². The predicted octanol–water partition coefficient (Wildman–Crippen LogP) is 3.85. The lowest BCUT2D eigenvalue weighted by Gasteiger charge is -2.19. The van der Waals surface area contributed by atoms with Crippen LogP contribution in [0, 0.1) is 0 Å². The fourth-order valence-corrected chi connectivity index (χ4v) is 3.06. The van der Waals surface area contributed by atoms with Crippen LogP contribution < -0.4 is 0 Å². The zero-order valence-corrected chi connectivity index (χ0v) is 10.9. The fourth-order valence-electron chi connectivity index (χ4n) is 2.83. The first kappa shape index (κ1) is 12.4. The Morgan fingerprint density at radius 3 is 1.68 bits per heavy atom. The van der Waals surface area contributed by atoms with Gasteiger partial charge in [-0.2, -0.15) is 0 Å². The molecule has 1 nitrogen and oxygen atoms in total. The van der Waals surface area contributed by atoms with Crippen LogP contribution >= 0.6 is 11.6 Å². The van der Waals surface area contributed by atoms with Crippen molar-refractivity contribution in [1.29, 1.82) is 0 Å². The van der Waals surface area contributed by atoms with Gasteiger partial charge in [-0.25, -0.2) is 4.39 Å². The smallest absolute Gasteiger partial charge is 0.260 e. The average molecular weight is 275 g/mol. The van der Waals surface area contributed by atoms with E-state index in [0.717, 1.165) is 11.1 Å². The van der Waals surface area contributed by atoms with Crippen molar-refractivity contribution in [1.82, 2.24) is 0 Å². The van der Waals surface area contributed by atoms with Gasteiger partial charge in [-0.15, -0.1) is 0 Å². The van der Waals surface area contributed by atoms with E-state index in [2.05, 4.69) is 0 Å². The van der Waals surface area contributed by atoms with Gasteiger partial charge >= 0.3 is 0 Å². The number of hydrogen-bond donors (Lipinski definition) is 0. The summed E-state index contributed by atoms with van der Waals surface area (Å²) in [5.41, 5.74) is -1.36. The van der Waals surface area contributed by atoms with Crippen molar-refractivity contribution in [3.05, 3.63) is 71.8 Å². The summed E-state index contributed by atoms with van der Waals surface area (Å²) < 4.78 is 14.8. The highest BCUT2D eigenvalue weighted by molar-refractivity contribution is 6.66. The molecule has 1 fully saturated rings. The van der Waals surface area contributed by atoms with Crippen LogP contribution in [0.5, 0.6) is 0 Å². The number of benzene rings is 2. The lowest BCUT2D eigenvalue weighted by molar-refractivity contribution is -0.117. The van der Waals surface area contributed by atoms with Gasteiger partial charge in [0.1, 0.15) is 0 Å². The molecular formula is C16H12ClFO. The summed E-state index contributed by atoms with van der Waals surface area (Å²) in [4.78, 5) is 11.5. The van der Waals surface area contributed by atoms with Crippen molar-refractivity contribution in [3.63, 3.8) is 0 Å². The van der Waals surface area contributed by atoms with Gasteiger partial charge in [-0.1, -0.05) is 60.7 Å². The van der Waals surface area contributed by atoms with Crippen molar-refractivity contribution >= 4 is 16.8 Å². The second-order valence-electron chi connectivity index (χ2n) is 4.89. The van der Waals surface area contributed by atoms with E-state index >= 15 is 0 Å². The maximum atomic E-state index is 14.8. The molecule has 3 rings (SSSR count). The van der Waals surface area contributed by atoms with Gasteiger partial charge in [0.15, 0.2) is 5.67 Å². The largest absolute Gasteiger partial charge is 0.278 e. The molecule has 0 unspecified atom stereocenters. The Morgan fingerprint density at radius 2 is 1.37 bits per heavy atom. The summed E-state index contributed by atoms with van der Waals surface area (Å²) in [6, 6.07) is 18.5. The Morgan fingerprint density at radius 1 is 0.947 bits per heavy atom. The first-order chi connectivity index (χ1) is 9.11. The van der Waals surface area contributed by atoms with E-state index in [-0.39, 0.29) is 6.42 Å².